The SMILES string of the molecule is O=C1CC(c2ccc([C@H]3CCc4c(Br)cccc43)cc2O)CS(=O)(=O)N1. The number of nitrogens with one attached hydrogen (secondary N) is 1. The molecule has 1 unspecified atom stereocenters. The van der Waals surface area contributed by atoms with Gasteiger partial charge < -0.3 is 5.11 Å². The predicted octanol–water partition coefficient (Wildman–Crippen LogP) is 3.17. The molecule has 2 N–H and O–H groups in total. The normalized spacial score (nSPS) is 24.1. The van der Waals surface area contributed by atoms with Gasteiger partial charge in [-0.15, -0.1) is 0 Å². The van der Waals surface area contributed by atoms with E-state index in [0.717, 1.165) is 22.9 Å². The maximum absolute atomic E-state index is 11.8. The highest BCUT2D eigenvalue weighted by molar-refractivity contribution is 9.10. The quantitative estimate of drug-likeness (QED) is 0.758. The molecule has 7 heteroatoms. The lowest BCUT2D eigenvalue weighted by Crippen LogP contribution is -2.40. The number of carbonyl (C=O) groups excluding carboxylic acids is 1. The van der Waals surface area contributed by atoms with E-state index in [1.165, 1.54) is 11.1 Å². The zero-order valence-corrected chi connectivity index (χ0v) is 16.3. The van der Waals surface area contributed by atoms with Gasteiger partial charge in [0.2, 0.25) is 15.9 Å². The van der Waals surface area contributed by atoms with Crippen molar-refractivity contribution in [3.05, 3.63) is 63.1 Å². The van der Waals surface area contributed by atoms with E-state index in [-0.39, 0.29) is 23.8 Å². The van der Waals surface area contributed by atoms with E-state index < -0.39 is 21.8 Å². The number of amides is 1. The predicted molar refractivity (Wildman–Crippen MR) is 102 cm³/mol. The minimum absolute atomic E-state index is 0.0563. The van der Waals surface area contributed by atoms with E-state index in [1.54, 1.807) is 12.1 Å². The molecule has 5 nitrogen and oxygen atoms in total. The Hall–Kier alpha value is -1.86. The van der Waals surface area contributed by atoms with Gasteiger partial charge in [0.25, 0.3) is 0 Å². The van der Waals surface area contributed by atoms with E-state index in [9.17, 15) is 18.3 Å². The molecule has 1 saturated heterocycles. The van der Waals surface area contributed by atoms with Gasteiger partial charge in [-0.25, -0.2) is 8.42 Å². The minimum Gasteiger partial charge on any atom is -0.508 e. The summed E-state index contributed by atoms with van der Waals surface area (Å²) in [5, 5.41) is 10.5. The average molecular weight is 436 g/mol. The van der Waals surface area contributed by atoms with Crippen molar-refractivity contribution in [3.63, 3.8) is 0 Å². The molecule has 0 aromatic heterocycles. The maximum Gasteiger partial charge on any atom is 0.235 e. The van der Waals surface area contributed by atoms with Crippen molar-refractivity contribution < 1.29 is 18.3 Å². The van der Waals surface area contributed by atoms with Crippen LogP contribution in [0.3, 0.4) is 0 Å². The summed E-state index contributed by atoms with van der Waals surface area (Å²) in [6.07, 6.45) is 2.01. The fraction of sp³-hybridized carbons (Fsp3) is 0.316. The maximum atomic E-state index is 11.8. The molecule has 1 heterocycles. The van der Waals surface area contributed by atoms with Crippen molar-refractivity contribution in [2.75, 3.05) is 5.75 Å². The molecule has 4 rings (SSSR count). The van der Waals surface area contributed by atoms with Gasteiger partial charge in [0.1, 0.15) is 5.75 Å². The molecule has 2 atom stereocenters. The van der Waals surface area contributed by atoms with E-state index in [4.69, 9.17) is 0 Å². The number of rotatable bonds is 2. The van der Waals surface area contributed by atoms with Crippen LogP contribution in [0.15, 0.2) is 40.9 Å². The number of fused-ring (bicyclic) bond motifs is 1. The summed E-state index contributed by atoms with van der Waals surface area (Å²) >= 11 is 3.60. The van der Waals surface area contributed by atoms with Crippen molar-refractivity contribution in [1.29, 1.82) is 0 Å². The lowest BCUT2D eigenvalue weighted by molar-refractivity contribution is -0.119. The summed E-state index contributed by atoms with van der Waals surface area (Å²) in [4.78, 5) is 11.6. The summed E-state index contributed by atoms with van der Waals surface area (Å²) in [7, 11) is -3.63. The number of hydrogen-bond donors (Lipinski definition) is 2. The zero-order chi connectivity index (χ0) is 18.5. The van der Waals surface area contributed by atoms with Gasteiger partial charge in [0.15, 0.2) is 0 Å². The zero-order valence-electron chi connectivity index (χ0n) is 13.9. The van der Waals surface area contributed by atoms with Crippen molar-refractivity contribution in [3.8, 4) is 5.75 Å². The third-order valence-electron chi connectivity index (χ3n) is 5.23. The van der Waals surface area contributed by atoms with Crippen LogP contribution in [0.2, 0.25) is 0 Å². The molecular weight excluding hydrogens is 418 g/mol. The molecule has 2 aromatic carbocycles. The summed E-state index contributed by atoms with van der Waals surface area (Å²) in [5.74, 6) is -0.973. The Kier molecular flexibility index (Phi) is 4.31. The monoisotopic (exact) mass is 435 g/mol. The van der Waals surface area contributed by atoms with Crippen LogP contribution < -0.4 is 4.72 Å². The average Bonchev–Trinajstić information content (AvgIpc) is 2.98. The Morgan fingerprint density at radius 3 is 2.69 bits per heavy atom. The Labute approximate surface area is 160 Å². The Bertz CT molecular complexity index is 1000. The summed E-state index contributed by atoms with van der Waals surface area (Å²) in [6, 6.07) is 11.6. The van der Waals surface area contributed by atoms with Gasteiger partial charge in [0, 0.05) is 22.7 Å². The van der Waals surface area contributed by atoms with Gasteiger partial charge in [0.05, 0.1) is 5.75 Å². The number of halogens is 1. The van der Waals surface area contributed by atoms with E-state index in [1.807, 2.05) is 22.9 Å². The van der Waals surface area contributed by atoms with Crippen molar-refractivity contribution in [2.24, 2.45) is 0 Å². The van der Waals surface area contributed by atoms with E-state index in [2.05, 4.69) is 22.0 Å². The second kappa shape index (κ2) is 6.39. The van der Waals surface area contributed by atoms with Crippen LogP contribution in [0.25, 0.3) is 0 Å². The highest BCUT2D eigenvalue weighted by Crippen LogP contribution is 2.43. The molecule has 1 aliphatic heterocycles. The summed E-state index contributed by atoms with van der Waals surface area (Å²) in [6.45, 7) is 0. The fourth-order valence-electron chi connectivity index (χ4n) is 4.08. The summed E-state index contributed by atoms with van der Waals surface area (Å²) in [5.41, 5.74) is 4.08. The van der Waals surface area contributed by atoms with Gasteiger partial charge in [-0.2, -0.15) is 0 Å². The van der Waals surface area contributed by atoms with Gasteiger partial charge >= 0.3 is 0 Å². The molecule has 1 fully saturated rings. The van der Waals surface area contributed by atoms with E-state index >= 15 is 0 Å². The molecular formula is C19H18BrNO4S. The fourth-order valence-corrected chi connectivity index (χ4v) is 6.00. The Morgan fingerprint density at radius 1 is 1.15 bits per heavy atom. The number of phenolic OH excluding ortho intramolecular Hbond substituents is 1. The molecule has 0 spiro atoms. The number of sulfonamides is 1. The molecule has 1 aliphatic carbocycles. The van der Waals surface area contributed by atoms with Crippen molar-refractivity contribution in [2.45, 2.75) is 31.1 Å². The Balaban J connectivity index is 1.66. The second-order valence-corrected chi connectivity index (χ2v) is 9.55. The van der Waals surface area contributed by atoms with Crippen LogP contribution >= 0.6 is 15.9 Å². The first-order chi connectivity index (χ1) is 12.3. The van der Waals surface area contributed by atoms with Crippen LogP contribution in [0, 0.1) is 0 Å². The van der Waals surface area contributed by atoms with Gasteiger partial charge in [-0.05, 0) is 47.2 Å². The minimum atomic E-state index is -3.63. The Morgan fingerprint density at radius 2 is 1.96 bits per heavy atom. The number of hydrogen-bond acceptors (Lipinski definition) is 4. The van der Waals surface area contributed by atoms with Crippen LogP contribution in [0.5, 0.6) is 5.75 Å². The van der Waals surface area contributed by atoms with Crippen molar-refractivity contribution >= 4 is 31.9 Å². The van der Waals surface area contributed by atoms with Crippen LogP contribution in [0.4, 0.5) is 0 Å². The largest absolute Gasteiger partial charge is 0.508 e. The third kappa shape index (κ3) is 3.14. The first kappa shape index (κ1) is 17.5. The molecule has 0 bridgehead atoms. The lowest BCUT2D eigenvalue weighted by Gasteiger charge is -2.24. The van der Waals surface area contributed by atoms with Gasteiger partial charge in [-0.1, -0.05) is 40.2 Å². The highest BCUT2D eigenvalue weighted by atomic mass is 79.9. The molecule has 0 radical (unpaired) electrons. The van der Waals surface area contributed by atoms with Crippen LogP contribution in [-0.2, 0) is 21.2 Å². The molecule has 2 aromatic rings. The number of carbonyl (C=O) groups is 1. The van der Waals surface area contributed by atoms with Crippen molar-refractivity contribution in [1.82, 2.24) is 4.72 Å². The highest BCUT2D eigenvalue weighted by Gasteiger charge is 2.32. The first-order valence-electron chi connectivity index (χ1n) is 8.47. The molecule has 2 aliphatic rings. The molecule has 136 valence electrons. The standard InChI is InChI=1S/C19H18BrNO4S/c20-17-3-1-2-15-13(6-7-16(15)17)11-4-5-14(18(22)8-11)12-9-19(23)21-26(24,25)10-12/h1-5,8,12-13,22H,6-7,9-10H2,(H,21,23)/t12?,13-/m1/s1. The van der Waals surface area contributed by atoms with Crippen LogP contribution in [0.1, 0.15) is 46.9 Å². The third-order valence-corrected chi connectivity index (χ3v) is 7.35. The molecule has 0 saturated carbocycles. The topological polar surface area (TPSA) is 83.5 Å². The second-order valence-electron chi connectivity index (χ2n) is 6.92. The van der Waals surface area contributed by atoms with Crippen LogP contribution in [-0.4, -0.2) is 25.2 Å². The number of aromatic hydroxyl groups is 1. The van der Waals surface area contributed by atoms with E-state index in [0.29, 0.717) is 5.56 Å². The first-order valence-corrected chi connectivity index (χ1v) is 10.9. The number of benzene rings is 2. The molecule has 1 amide bonds. The number of phenols is 1. The lowest BCUT2D eigenvalue weighted by atomic mass is 9.89. The summed E-state index contributed by atoms with van der Waals surface area (Å²) < 4.78 is 26.7. The molecule has 26 heavy (non-hydrogen) atoms. The van der Waals surface area contributed by atoms with Gasteiger partial charge in [-0.3, -0.25) is 9.52 Å². The smallest absolute Gasteiger partial charge is 0.235 e.